The fourth-order valence-corrected chi connectivity index (χ4v) is 43.7. The summed E-state index contributed by atoms with van der Waals surface area (Å²) < 4.78 is 6.30. The fraction of sp³-hybridized carbons (Fsp3) is 1.00. The molecule has 0 fully saturated rings. The van der Waals surface area contributed by atoms with Crippen LogP contribution in [0.15, 0.2) is 0 Å². The summed E-state index contributed by atoms with van der Waals surface area (Å²) in [6.07, 6.45) is 0. The molecule has 0 unspecified atom stereocenters. The average Bonchev–Trinajstić information content (AvgIpc) is 1.91. The monoisotopic (exact) mass is 442 g/mol. The van der Waals surface area contributed by atoms with Gasteiger partial charge >= 0.3 is 138 Å². The molecule has 0 aromatic rings. The van der Waals surface area contributed by atoms with Gasteiger partial charge in [-0.1, -0.05) is 0 Å². The fourth-order valence-electron chi connectivity index (χ4n) is 3.00. The Bertz CT molecular complexity index is 239. The Hall–Kier alpha value is 1.59. The summed E-state index contributed by atoms with van der Waals surface area (Å²) in [6.45, 7) is 30.8. The minimum absolute atomic E-state index is 1.03. The molecule has 0 saturated heterocycles. The first kappa shape index (κ1) is 20.6. The molecule has 116 valence electrons. The molecular weight excluding hydrogens is 403 g/mol. The van der Waals surface area contributed by atoms with E-state index >= 15 is 0 Å². The molecule has 0 aliphatic rings. The minimum atomic E-state index is -1.15. The maximum atomic E-state index is 3.15. The van der Waals surface area contributed by atoms with Crippen molar-refractivity contribution in [1.82, 2.24) is 4.91 Å². The average molecular weight is 442 g/mol. The normalized spacial score (nSPS) is 15.5. The van der Waals surface area contributed by atoms with Crippen molar-refractivity contribution in [3.63, 3.8) is 0 Å². The summed E-state index contributed by atoms with van der Waals surface area (Å²) in [6, 6.07) is 0. The van der Waals surface area contributed by atoms with E-state index in [-0.39, 0.29) is 0 Å². The van der Waals surface area contributed by atoms with E-state index < -0.39 is 54.6 Å². The molecule has 0 heterocycles. The van der Waals surface area contributed by atoms with Crippen LogP contribution in [0.25, 0.3) is 0 Å². The quantitative estimate of drug-likeness (QED) is 0.577. The van der Waals surface area contributed by atoms with E-state index in [4.69, 9.17) is 0 Å². The third-order valence-corrected chi connectivity index (χ3v) is 56.0. The predicted octanol–water partition coefficient (Wildman–Crippen LogP) is 3.93. The van der Waals surface area contributed by atoms with Gasteiger partial charge < -0.3 is 0 Å². The molecule has 0 saturated carbocycles. The first-order valence-corrected chi connectivity index (χ1v) is 24.9. The second-order valence-corrected chi connectivity index (χ2v) is 41.7. The molecule has 0 atom stereocenters. The van der Waals surface area contributed by atoms with Crippen molar-refractivity contribution >= 4 is 54.6 Å². The Morgan fingerprint density at radius 2 is 0.579 bits per heavy atom. The van der Waals surface area contributed by atoms with Crippen LogP contribution in [0.3, 0.4) is 0 Å². The molecule has 0 bridgehead atoms. The van der Waals surface area contributed by atoms with Crippen LogP contribution in [0.1, 0.15) is 0 Å². The molecule has 0 rings (SSSR count). The molecule has 0 aromatic carbocycles. The molecule has 0 N–H and O–H groups in total. The molecule has 7 heteroatoms. The first-order valence-electron chi connectivity index (χ1n) is 7.53. The number of hydrogen-bond donors (Lipinski definition) is 0. The summed E-state index contributed by atoms with van der Waals surface area (Å²) in [5.74, 6) is 0. The van der Waals surface area contributed by atoms with Gasteiger partial charge in [-0.15, -0.1) is 0 Å². The van der Waals surface area contributed by atoms with Gasteiger partial charge in [-0.25, -0.2) is 0 Å². The zero-order valence-electron chi connectivity index (χ0n) is 15.6. The van der Waals surface area contributed by atoms with Gasteiger partial charge in [0.05, 0.1) is 0 Å². The van der Waals surface area contributed by atoms with Crippen LogP contribution < -0.4 is 0 Å². The van der Waals surface area contributed by atoms with E-state index in [0.29, 0.717) is 0 Å². The van der Waals surface area contributed by atoms with Gasteiger partial charge in [-0.05, 0) is 0 Å². The van der Waals surface area contributed by atoms with Crippen molar-refractivity contribution in [1.29, 1.82) is 0 Å². The van der Waals surface area contributed by atoms with E-state index in [9.17, 15) is 0 Å². The van der Waals surface area contributed by atoms with Gasteiger partial charge in [0, 0.05) is 0 Å². The topological polar surface area (TPSA) is 6.48 Å². The molecule has 0 aromatic heterocycles. The predicted molar refractivity (Wildman–Crippen MR) is 106 cm³/mol. The summed E-state index contributed by atoms with van der Waals surface area (Å²) in [7, 11) is -4.61. The zero-order chi connectivity index (χ0) is 15.9. The Balaban J connectivity index is 5.43. The molecule has 19 heavy (non-hydrogen) atoms. The second-order valence-electron chi connectivity index (χ2n) is 9.68. The molecule has 0 amide bonds. The number of rotatable bonds is 6. The standard InChI is InChI=1S/2C6H18NSi2.Sn.2H/c2*1-8(2,3)7-9(4,5)6;;;/h2*1-6H3;;;/q2*-1;+2;;. The molecule has 0 spiro atoms. The van der Waals surface area contributed by atoms with Crippen LogP contribution in [-0.4, -0.2) is 59.5 Å². The van der Waals surface area contributed by atoms with E-state index in [1.54, 1.807) is 0 Å². The molecule has 0 aliphatic heterocycles. The van der Waals surface area contributed by atoms with Crippen LogP contribution >= 0.6 is 0 Å². The summed E-state index contributed by atoms with van der Waals surface area (Å²) in [4.78, 5) is 0. The van der Waals surface area contributed by atoms with Gasteiger partial charge in [-0.3, -0.25) is 0 Å². The van der Waals surface area contributed by atoms with E-state index in [0.717, 1.165) is 0 Å². The maximum absolute atomic E-state index is 3.15. The molecule has 0 aliphatic carbocycles. The van der Waals surface area contributed by atoms with Crippen molar-refractivity contribution in [3.8, 4) is 0 Å². The van der Waals surface area contributed by atoms with Gasteiger partial charge in [0.2, 0.25) is 0 Å². The third kappa shape index (κ3) is 6.92. The third-order valence-electron chi connectivity index (χ3n) is 3.52. The van der Waals surface area contributed by atoms with Gasteiger partial charge in [0.1, 0.15) is 0 Å². The SMILES string of the molecule is C[Si](C)(C)[N]([SnH2][N]([Si](C)(C)C)[Si](C)(C)C)[Si](C)(C)C. The summed E-state index contributed by atoms with van der Waals surface area (Å²) in [5.41, 5.74) is 0. The molecule has 2 nitrogen and oxygen atoms in total. The van der Waals surface area contributed by atoms with Crippen molar-refractivity contribution in [2.24, 2.45) is 0 Å². The van der Waals surface area contributed by atoms with Gasteiger partial charge in [0.15, 0.2) is 0 Å². The zero-order valence-corrected chi connectivity index (χ0v) is 23.6. The summed E-state index contributed by atoms with van der Waals surface area (Å²) in [5, 5.41) is 0. The molecular formula is C12H38N2Si4Sn. The number of hydrogen-bond acceptors (Lipinski definition) is 2. The van der Waals surface area contributed by atoms with Crippen LogP contribution in [-0.2, 0) is 0 Å². The Labute approximate surface area is 137 Å². The van der Waals surface area contributed by atoms with E-state index in [2.05, 4.69) is 83.5 Å². The van der Waals surface area contributed by atoms with Crippen LogP contribution in [0.5, 0.6) is 0 Å². The van der Waals surface area contributed by atoms with Crippen LogP contribution in [0, 0.1) is 0 Å². The Morgan fingerprint density at radius 1 is 0.421 bits per heavy atom. The molecule has 0 radical (unpaired) electrons. The summed E-state index contributed by atoms with van der Waals surface area (Å²) >= 11 is -1.03. The van der Waals surface area contributed by atoms with Gasteiger partial charge in [-0.2, -0.15) is 0 Å². The number of nitrogens with zero attached hydrogens (tertiary/aromatic N) is 2. The first-order chi connectivity index (χ1) is 7.97. The van der Waals surface area contributed by atoms with E-state index in [1.165, 1.54) is 0 Å². The van der Waals surface area contributed by atoms with Crippen molar-refractivity contribution < 1.29 is 0 Å². The Kier molecular flexibility index (Phi) is 6.90. The van der Waals surface area contributed by atoms with Crippen molar-refractivity contribution in [3.05, 3.63) is 0 Å². The van der Waals surface area contributed by atoms with Crippen molar-refractivity contribution in [2.75, 3.05) is 0 Å². The Morgan fingerprint density at radius 3 is 0.684 bits per heavy atom. The van der Waals surface area contributed by atoms with Gasteiger partial charge in [0.25, 0.3) is 0 Å². The van der Waals surface area contributed by atoms with Crippen LogP contribution in [0.2, 0.25) is 78.6 Å². The van der Waals surface area contributed by atoms with Crippen LogP contribution in [0.4, 0.5) is 0 Å². The van der Waals surface area contributed by atoms with E-state index in [1.807, 2.05) is 0 Å². The van der Waals surface area contributed by atoms with Crippen molar-refractivity contribution in [2.45, 2.75) is 78.6 Å². The second kappa shape index (κ2) is 6.37.